The number of methoxy groups -OCH3 is 1. The van der Waals surface area contributed by atoms with E-state index in [1.807, 2.05) is 0 Å². The Morgan fingerprint density at radius 3 is 2.37 bits per heavy atom. The molecule has 0 aliphatic carbocycles. The second-order valence-corrected chi connectivity index (χ2v) is 7.39. The van der Waals surface area contributed by atoms with Crippen molar-refractivity contribution in [2.24, 2.45) is 0 Å². The van der Waals surface area contributed by atoms with Crippen molar-refractivity contribution in [3.8, 4) is 11.5 Å². The van der Waals surface area contributed by atoms with E-state index in [0.717, 1.165) is 0 Å². The van der Waals surface area contributed by atoms with Crippen LogP contribution in [0.5, 0.6) is 11.5 Å². The normalized spacial score (nSPS) is 14.6. The molecule has 0 saturated carbocycles. The smallest absolute Gasteiger partial charge is 0.344 e. The summed E-state index contributed by atoms with van der Waals surface area (Å²) in [4.78, 5) is 23.9. The van der Waals surface area contributed by atoms with Gasteiger partial charge in [-0.05, 0) is 36.4 Å². The van der Waals surface area contributed by atoms with Gasteiger partial charge in [0.25, 0.3) is 15.9 Å². The van der Waals surface area contributed by atoms with Crippen LogP contribution in [0.4, 0.5) is 0 Å². The van der Waals surface area contributed by atoms with Gasteiger partial charge in [0.1, 0.15) is 23.0 Å². The molecule has 9 heteroatoms. The molecule has 2 aromatic rings. The molecule has 142 valence electrons. The Morgan fingerprint density at radius 2 is 1.70 bits per heavy atom. The van der Waals surface area contributed by atoms with Gasteiger partial charge in [0.2, 0.25) is 0 Å². The second kappa shape index (κ2) is 7.67. The Bertz CT molecular complexity index is 954. The van der Waals surface area contributed by atoms with Gasteiger partial charge in [-0.25, -0.2) is 17.5 Å². The third-order valence-electron chi connectivity index (χ3n) is 3.89. The first-order valence-corrected chi connectivity index (χ1v) is 9.46. The molecule has 1 heterocycles. The molecular weight excluding hydrogens is 374 g/mol. The van der Waals surface area contributed by atoms with Gasteiger partial charge in [0.15, 0.2) is 6.61 Å². The number of esters is 1. The molecule has 1 aliphatic rings. The minimum Gasteiger partial charge on any atom is -0.497 e. The van der Waals surface area contributed by atoms with E-state index in [9.17, 15) is 18.0 Å². The van der Waals surface area contributed by atoms with Gasteiger partial charge in [-0.1, -0.05) is 12.1 Å². The lowest BCUT2D eigenvalue weighted by molar-refractivity contribution is -0.146. The molecule has 27 heavy (non-hydrogen) atoms. The summed E-state index contributed by atoms with van der Waals surface area (Å²) in [6.45, 7) is -0.860. The zero-order valence-corrected chi connectivity index (χ0v) is 15.3. The minimum absolute atomic E-state index is 0.0378. The van der Waals surface area contributed by atoms with Crippen LogP contribution in [0, 0.1) is 0 Å². The van der Waals surface area contributed by atoms with E-state index in [1.54, 1.807) is 36.4 Å². The first-order chi connectivity index (χ1) is 12.9. The summed E-state index contributed by atoms with van der Waals surface area (Å²) < 4.78 is 40.7. The molecule has 1 amide bonds. The number of amides is 1. The Morgan fingerprint density at radius 1 is 1.04 bits per heavy atom. The minimum atomic E-state index is -3.91. The van der Waals surface area contributed by atoms with Crippen molar-refractivity contribution in [2.75, 3.05) is 26.9 Å². The molecular formula is C18H17NO7S. The summed E-state index contributed by atoms with van der Waals surface area (Å²) in [6, 6.07) is 12.6. The Labute approximate surface area is 156 Å². The first-order valence-electron chi connectivity index (χ1n) is 8.02. The number of carbonyl (C=O) groups is 2. The van der Waals surface area contributed by atoms with Gasteiger partial charge in [-0.15, -0.1) is 0 Å². The van der Waals surface area contributed by atoms with Crippen LogP contribution in [0.1, 0.15) is 10.4 Å². The van der Waals surface area contributed by atoms with E-state index in [4.69, 9.17) is 14.2 Å². The van der Waals surface area contributed by atoms with Crippen molar-refractivity contribution in [1.82, 2.24) is 4.31 Å². The molecule has 8 nitrogen and oxygen atoms in total. The molecule has 0 bridgehead atoms. The number of ether oxygens (including phenoxy) is 3. The first kappa shape index (κ1) is 18.7. The van der Waals surface area contributed by atoms with Crippen molar-refractivity contribution >= 4 is 21.9 Å². The fraction of sp³-hybridized carbons (Fsp3) is 0.222. The summed E-state index contributed by atoms with van der Waals surface area (Å²) in [5, 5.41) is 0. The molecule has 0 unspecified atom stereocenters. The van der Waals surface area contributed by atoms with E-state index in [1.165, 1.54) is 19.2 Å². The van der Waals surface area contributed by atoms with E-state index >= 15 is 0 Å². The monoisotopic (exact) mass is 391 g/mol. The van der Waals surface area contributed by atoms with Gasteiger partial charge >= 0.3 is 5.97 Å². The summed E-state index contributed by atoms with van der Waals surface area (Å²) in [5.41, 5.74) is 0.117. The number of carbonyl (C=O) groups excluding carboxylic acids is 2. The molecule has 3 rings (SSSR count). The molecule has 0 N–H and O–H groups in total. The average Bonchev–Trinajstić information content (AvgIpc) is 2.87. The molecule has 0 atom stereocenters. The number of benzene rings is 2. The Hall–Kier alpha value is -3.07. The maximum atomic E-state index is 12.4. The maximum Gasteiger partial charge on any atom is 0.344 e. The Kier molecular flexibility index (Phi) is 5.31. The summed E-state index contributed by atoms with van der Waals surface area (Å²) in [7, 11) is -2.37. The van der Waals surface area contributed by atoms with Crippen LogP contribution in [0.2, 0.25) is 0 Å². The summed E-state index contributed by atoms with van der Waals surface area (Å²) >= 11 is 0. The highest BCUT2D eigenvalue weighted by molar-refractivity contribution is 7.90. The highest BCUT2D eigenvalue weighted by atomic mass is 32.2. The molecule has 2 aromatic carbocycles. The van der Waals surface area contributed by atoms with Crippen molar-refractivity contribution < 1.29 is 32.2 Å². The molecule has 0 saturated heterocycles. The predicted octanol–water partition coefficient (Wildman–Crippen LogP) is 1.46. The second-order valence-electron chi connectivity index (χ2n) is 5.56. The fourth-order valence-corrected chi connectivity index (χ4v) is 4.10. The number of fused-ring (bicyclic) bond motifs is 1. The number of sulfonamides is 1. The third-order valence-corrected chi connectivity index (χ3v) is 5.73. The molecule has 0 aromatic heterocycles. The van der Waals surface area contributed by atoms with Crippen molar-refractivity contribution in [3.63, 3.8) is 0 Å². The zero-order valence-electron chi connectivity index (χ0n) is 14.5. The van der Waals surface area contributed by atoms with Crippen molar-refractivity contribution in [3.05, 3.63) is 54.1 Å². The quantitative estimate of drug-likeness (QED) is 0.659. The lowest BCUT2D eigenvalue weighted by Gasteiger charge is -2.15. The highest BCUT2D eigenvalue weighted by Gasteiger charge is 2.40. The maximum absolute atomic E-state index is 12.4. The van der Waals surface area contributed by atoms with E-state index in [2.05, 4.69) is 0 Å². The van der Waals surface area contributed by atoms with Crippen LogP contribution in [0.25, 0.3) is 0 Å². The van der Waals surface area contributed by atoms with E-state index in [-0.39, 0.29) is 30.2 Å². The zero-order chi connectivity index (χ0) is 19.4. The highest BCUT2D eigenvalue weighted by Crippen LogP contribution is 2.29. The van der Waals surface area contributed by atoms with Crippen LogP contribution in [-0.4, -0.2) is 51.5 Å². The summed E-state index contributed by atoms with van der Waals surface area (Å²) in [6.07, 6.45) is 0. The Balaban J connectivity index is 1.49. The van der Waals surface area contributed by atoms with Crippen LogP contribution >= 0.6 is 0 Å². The predicted molar refractivity (Wildman–Crippen MR) is 94.1 cm³/mol. The number of hydrogen-bond donors (Lipinski definition) is 0. The van der Waals surface area contributed by atoms with Crippen LogP contribution in [-0.2, 0) is 19.6 Å². The topological polar surface area (TPSA) is 99.2 Å². The fourth-order valence-electron chi connectivity index (χ4n) is 2.55. The van der Waals surface area contributed by atoms with Crippen molar-refractivity contribution in [1.29, 1.82) is 0 Å². The van der Waals surface area contributed by atoms with Crippen LogP contribution in [0.15, 0.2) is 53.4 Å². The lowest BCUT2D eigenvalue weighted by Crippen LogP contribution is -2.34. The van der Waals surface area contributed by atoms with Gasteiger partial charge in [-0.3, -0.25) is 4.79 Å². The summed E-state index contributed by atoms with van der Waals surface area (Å²) in [5.74, 6) is -0.189. The molecule has 0 fully saturated rings. The van der Waals surface area contributed by atoms with Gasteiger partial charge in [0, 0.05) is 0 Å². The van der Waals surface area contributed by atoms with Gasteiger partial charge < -0.3 is 14.2 Å². The molecule has 0 spiro atoms. The number of rotatable bonds is 7. The molecule has 1 aliphatic heterocycles. The average molecular weight is 391 g/mol. The number of nitrogens with zero attached hydrogens (tertiary/aromatic N) is 1. The van der Waals surface area contributed by atoms with Crippen molar-refractivity contribution in [2.45, 2.75) is 4.90 Å². The molecule has 0 radical (unpaired) electrons. The van der Waals surface area contributed by atoms with Crippen LogP contribution < -0.4 is 9.47 Å². The number of hydrogen-bond acceptors (Lipinski definition) is 7. The van der Waals surface area contributed by atoms with Gasteiger partial charge in [-0.2, -0.15) is 0 Å². The van der Waals surface area contributed by atoms with Gasteiger partial charge in [0.05, 0.1) is 19.2 Å². The van der Waals surface area contributed by atoms with Crippen LogP contribution in [0.3, 0.4) is 0 Å². The third kappa shape index (κ3) is 3.87. The largest absolute Gasteiger partial charge is 0.497 e. The lowest BCUT2D eigenvalue weighted by atomic mass is 10.2. The van der Waals surface area contributed by atoms with E-state index < -0.39 is 21.9 Å². The standard InChI is InChI=1S/C18H17NO7S/c1-24-13-6-8-14(9-7-13)26-12-17(20)25-11-10-19-18(21)15-4-2-3-5-16(15)27(19,22)23/h2-9H,10-12H2,1H3. The van der Waals surface area contributed by atoms with E-state index in [0.29, 0.717) is 15.8 Å². The SMILES string of the molecule is COc1ccc(OCC(=O)OCCN2C(=O)c3ccccc3S2(=O)=O)cc1.